The van der Waals surface area contributed by atoms with Crippen molar-refractivity contribution in [2.75, 3.05) is 0 Å². The van der Waals surface area contributed by atoms with Crippen LogP contribution in [0.2, 0.25) is 58.9 Å². The molecule has 0 spiro atoms. The SMILES string of the molecule is Cc1ccc(S(=O)[C-]=C[Si]([Si](C)(C)C)([Si](C)(C)C)[Si](C)(C)C)cc1.[CH2-]C.[Zn+2]. The van der Waals surface area contributed by atoms with Gasteiger partial charge in [-0.2, -0.15) is 6.92 Å². The summed E-state index contributed by atoms with van der Waals surface area (Å²) in [6.07, 6.45) is 0. The molecular formula is C20H40OSSi4Zn. The molecule has 0 aromatic heterocycles. The Morgan fingerprint density at radius 2 is 1.15 bits per heavy atom. The molecule has 0 N–H and O–H groups in total. The van der Waals surface area contributed by atoms with Crippen molar-refractivity contribution in [1.82, 2.24) is 0 Å². The largest absolute Gasteiger partial charge is 2.00 e. The third-order valence-corrected chi connectivity index (χ3v) is 77.2. The van der Waals surface area contributed by atoms with E-state index in [4.69, 9.17) is 0 Å². The van der Waals surface area contributed by atoms with Gasteiger partial charge < -0.3 is 12.3 Å². The van der Waals surface area contributed by atoms with E-state index in [1.165, 1.54) is 5.56 Å². The maximum atomic E-state index is 12.8. The predicted molar refractivity (Wildman–Crippen MR) is 132 cm³/mol. The van der Waals surface area contributed by atoms with Crippen LogP contribution in [-0.2, 0) is 30.3 Å². The second kappa shape index (κ2) is 11.1. The van der Waals surface area contributed by atoms with Gasteiger partial charge in [0.25, 0.3) is 0 Å². The zero-order valence-corrected chi connectivity index (χ0v) is 27.4. The van der Waals surface area contributed by atoms with E-state index in [1.54, 1.807) is 6.92 Å². The Balaban J connectivity index is 0. The fraction of sp³-hybridized carbons (Fsp3) is 0.550. The van der Waals surface area contributed by atoms with Crippen LogP contribution in [0.1, 0.15) is 12.5 Å². The fourth-order valence-electron chi connectivity index (χ4n) is 4.90. The van der Waals surface area contributed by atoms with Gasteiger partial charge in [-0.1, -0.05) is 76.6 Å². The molecular weight excluding hydrogens is 466 g/mol. The quantitative estimate of drug-likeness (QED) is 0.318. The molecule has 0 saturated carbocycles. The van der Waals surface area contributed by atoms with Crippen molar-refractivity contribution >= 4 is 40.2 Å². The van der Waals surface area contributed by atoms with Crippen LogP contribution in [0.3, 0.4) is 0 Å². The second-order valence-corrected chi connectivity index (χ2v) is 51.6. The van der Waals surface area contributed by atoms with Gasteiger partial charge >= 0.3 is 19.5 Å². The summed E-state index contributed by atoms with van der Waals surface area (Å²) in [6.45, 7) is 28.3. The molecule has 1 aromatic rings. The molecule has 0 bridgehead atoms. The number of benzene rings is 1. The maximum Gasteiger partial charge on any atom is 2.00 e. The summed E-state index contributed by atoms with van der Waals surface area (Å²) < 4.78 is 12.8. The standard InChI is InChI=1S/C18H35OSSi4.C2H5.Zn/c1-17-11-13-18(14-12-17)20(19)15-16-24(21(2,3)4,22(5,6)7)23(8,9)10;1-2;/h11-14,16H,1-10H3;1H2,2H3;/q2*-1;+2. The van der Waals surface area contributed by atoms with Gasteiger partial charge in [-0.05, 0) is 19.1 Å². The van der Waals surface area contributed by atoms with E-state index in [0.29, 0.717) is 0 Å². The van der Waals surface area contributed by atoms with E-state index in [9.17, 15) is 4.21 Å². The van der Waals surface area contributed by atoms with E-state index in [-0.39, 0.29) is 19.5 Å². The van der Waals surface area contributed by atoms with Crippen LogP contribution < -0.4 is 0 Å². The molecule has 1 nitrogen and oxygen atoms in total. The second-order valence-electron chi connectivity index (χ2n) is 9.90. The first-order valence-corrected chi connectivity index (χ1v) is 26.2. The van der Waals surface area contributed by atoms with Crippen molar-refractivity contribution in [2.45, 2.75) is 77.7 Å². The molecule has 1 rings (SSSR count). The van der Waals surface area contributed by atoms with Crippen molar-refractivity contribution in [1.29, 1.82) is 0 Å². The molecule has 27 heavy (non-hydrogen) atoms. The predicted octanol–water partition coefficient (Wildman–Crippen LogP) is 6.50. The third kappa shape index (κ3) is 7.11. The Bertz CT molecular complexity index is 587. The summed E-state index contributed by atoms with van der Waals surface area (Å²) in [5.41, 5.74) is 3.64. The van der Waals surface area contributed by atoms with Gasteiger partial charge in [0, 0.05) is 34.3 Å². The minimum Gasteiger partial charge on any atom is -0.400 e. The molecule has 7 heteroatoms. The summed E-state index contributed by atoms with van der Waals surface area (Å²) in [5.74, 6) is 0. The van der Waals surface area contributed by atoms with Crippen LogP contribution in [0.4, 0.5) is 0 Å². The molecule has 0 fully saturated rings. The van der Waals surface area contributed by atoms with Crippen LogP contribution in [0, 0.1) is 19.3 Å². The molecule has 0 amide bonds. The number of aryl methyl sites for hydroxylation is 1. The monoisotopic (exact) mass is 504 g/mol. The van der Waals surface area contributed by atoms with Gasteiger partial charge in [-0.25, -0.2) is 0 Å². The summed E-state index contributed by atoms with van der Waals surface area (Å²) in [5, 5.41) is 3.39. The summed E-state index contributed by atoms with van der Waals surface area (Å²) in [6, 6.07) is 8.03. The minimum atomic E-state index is -1.62. The first kappa shape index (κ1) is 29.8. The van der Waals surface area contributed by atoms with E-state index in [2.05, 4.69) is 83.9 Å². The third-order valence-electron chi connectivity index (χ3n) is 5.17. The van der Waals surface area contributed by atoms with Crippen molar-refractivity contribution < 1.29 is 23.7 Å². The fourth-order valence-corrected chi connectivity index (χ4v) is 101. The number of hydrogen-bond donors (Lipinski definition) is 0. The van der Waals surface area contributed by atoms with Gasteiger partial charge in [-0.3, -0.25) is 9.91 Å². The molecule has 0 aliphatic rings. The Labute approximate surface area is 188 Å². The molecule has 0 aliphatic carbocycles. The first-order valence-electron chi connectivity index (χ1n) is 9.43. The van der Waals surface area contributed by atoms with Gasteiger partial charge in [0.2, 0.25) is 0 Å². The maximum absolute atomic E-state index is 12.8. The van der Waals surface area contributed by atoms with E-state index in [1.807, 2.05) is 24.3 Å². The summed E-state index contributed by atoms with van der Waals surface area (Å²) in [4.78, 5) is 0.876. The number of hydrogen-bond acceptors (Lipinski definition) is 1. The molecule has 1 unspecified atom stereocenters. The molecule has 0 radical (unpaired) electrons. The Kier molecular flexibility index (Phi) is 12.3. The van der Waals surface area contributed by atoms with Gasteiger partial charge in [0.15, 0.2) is 0 Å². The van der Waals surface area contributed by atoms with Crippen LogP contribution in [0.5, 0.6) is 0 Å². The van der Waals surface area contributed by atoms with Crippen LogP contribution in [-0.4, -0.2) is 33.6 Å². The normalized spacial score (nSPS) is 14.2. The molecule has 150 valence electrons. The van der Waals surface area contributed by atoms with Crippen molar-refractivity contribution in [3.8, 4) is 0 Å². The Morgan fingerprint density at radius 3 is 1.44 bits per heavy atom. The zero-order chi connectivity index (χ0) is 21.0. The van der Waals surface area contributed by atoms with Crippen molar-refractivity contribution in [3.05, 3.63) is 47.9 Å². The van der Waals surface area contributed by atoms with E-state index >= 15 is 0 Å². The van der Waals surface area contributed by atoms with Crippen LogP contribution >= 0.6 is 0 Å². The Hall–Kier alpha value is 0.601. The smallest absolute Gasteiger partial charge is 0.400 e. The zero-order valence-electron chi connectivity index (χ0n) is 19.6. The van der Waals surface area contributed by atoms with E-state index in [0.717, 1.165) is 4.90 Å². The molecule has 0 heterocycles. The number of rotatable bonds is 6. The molecule has 0 saturated heterocycles. The van der Waals surface area contributed by atoms with Crippen molar-refractivity contribution in [2.24, 2.45) is 0 Å². The van der Waals surface area contributed by atoms with Gasteiger partial charge in [0.05, 0.1) is 0 Å². The van der Waals surface area contributed by atoms with Crippen LogP contribution in [0.15, 0.2) is 34.9 Å². The molecule has 1 aromatic carbocycles. The summed E-state index contributed by atoms with van der Waals surface area (Å²) in [7, 11) is -5.27. The van der Waals surface area contributed by atoms with Gasteiger partial charge in [0.1, 0.15) is 0 Å². The Morgan fingerprint density at radius 1 is 0.815 bits per heavy atom. The van der Waals surface area contributed by atoms with E-state index < -0.39 is 40.2 Å². The topological polar surface area (TPSA) is 17.1 Å². The average molecular weight is 506 g/mol. The summed E-state index contributed by atoms with van der Waals surface area (Å²) >= 11 is 0. The van der Waals surface area contributed by atoms with Gasteiger partial charge in [-0.15, -0.1) is 10.8 Å². The average Bonchev–Trinajstić information content (AvgIpc) is 2.46. The van der Waals surface area contributed by atoms with Crippen LogP contribution in [0.25, 0.3) is 0 Å². The minimum absolute atomic E-state index is 0. The first-order chi connectivity index (χ1) is 11.6. The molecule has 1 atom stereocenters. The van der Waals surface area contributed by atoms with Crippen molar-refractivity contribution in [3.63, 3.8) is 0 Å². The molecule has 0 aliphatic heterocycles.